The zero-order valence-corrected chi connectivity index (χ0v) is 17.1. The van der Waals surface area contributed by atoms with Crippen molar-refractivity contribution in [2.45, 2.75) is 35.1 Å². The lowest BCUT2D eigenvalue weighted by Gasteiger charge is -2.26. The Kier molecular flexibility index (Phi) is 6.98. The molecular formula is C16H26N4O5S2. The predicted octanol–water partition coefficient (Wildman–Crippen LogP) is -0.445. The van der Waals surface area contributed by atoms with Crippen LogP contribution in [0.4, 0.5) is 0 Å². The number of likely N-dealkylation sites (N-methyl/N-ethyl adjacent to an activating group) is 1. The second-order valence-corrected chi connectivity index (χ2v) is 10.0. The molecule has 152 valence electrons. The predicted molar refractivity (Wildman–Crippen MR) is 101 cm³/mol. The van der Waals surface area contributed by atoms with Crippen LogP contribution in [0.1, 0.15) is 19.3 Å². The third-order valence-electron chi connectivity index (χ3n) is 4.45. The van der Waals surface area contributed by atoms with Gasteiger partial charge < -0.3 is 4.90 Å². The summed E-state index contributed by atoms with van der Waals surface area (Å²) < 4.78 is 49.9. The van der Waals surface area contributed by atoms with Crippen LogP contribution in [0.3, 0.4) is 0 Å². The number of hydrogen-bond acceptors (Lipinski definition) is 6. The van der Waals surface area contributed by atoms with Gasteiger partial charge in [0, 0.05) is 27.2 Å². The summed E-state index contributed by atoms with van der Waals surface area (Å²) in [6.45, 7) is 1.60. The SMILES string of the molecule is CN(C)C(=O)C1CCCN1CCCNS(=O)(=O)c1cccc(S(N)(=O)=O)c1. The molecule has 27 heavy (non-hydrogen) atoms. The lowest BCUT2D eigenvalue weighted by atomic mass is 10.2. The maximum Gasteiger partial charge on any atom is 0.240 e. The van der Waals surface area contributed by atoms with Gasteiger partial charge in [-0.2, -0.15) is 0 Å². The molecule has 0 bridgehead atoms. The minimum atomic E-state index is -3.98. The largest absolute Gasteiger partial charge is 0.347 e. The molecule has 2 rings (SSSR count). The van der Waals surface area contributed by atoms with Gasteiger partial charge in [-0.15, -0.1) is 0 Å². The maximum absolute atomic E-state index is 12.3. The molecule has 0 aliphatic carbocycles. The molecule has 9 nitrogen and oxygen atoms in total. The molecule has 0 spiro atoms. The van der Waals surface area contributed by atoms with E-state index < -0.39 is 20.0 Å². The number of nitrogens with two attached hydrogens (primary N) is 1. The van der Waals surface area contributed by atoms with Crippen LogP contribution in [0.15, 0.2) is 34.1 Å². The van der Waals surface area contributed by atoms with Crippen LogP contribution in [0.5, 0.6) is 0 Å². The third-order valence-corrected chi connectivity index (χ3v) is 6.82. The number of carbonyl (C=O) groups is 1. The number of carbonyl (C=O) groups excluding carboxylic acids is 1. The van der Waals surface area contributed by atoms with Crippen LogP contribution >= 0.6 is 0 Å². The molecule has 1 aliphatic heterocycles. The molecular weight excluding hydrogens is 392 g/mol. The number of rotatable bonds is 8. The van der Waals surface area contributed by atoms with E-state index in [4.69, 9.17) is 5.14 Å². The Morgan fingerprint density at radius 3 is 2.56 bits per heavy atom. The summed E-state index contributed by atoms with van der Waals surface area (Å²) in [4.78, 5) is 15.4. The number of nitrogens with one attached hydrogen (secondary N) is 1. The first-order valence-corrected chi connectivity index (χ1v) is 11.6. The fourth-order valence-electron chi connectivity index (χ4n) is 3.06. The Balaban J connectivity index is 1.92. The molecule has 1 aliphatic rings. The number of amides is 1. The van der Waals surface area contributed by atoms with E-state index in [0.29, 0.717) is 13.0 Å². The zero-order chi connectivity index (χ0) is 20.2. The molecule has 1 fully saturated rings. The van der Waals surface area contributed by atoms with E-state index in [2.05, 4.69) is 9.62 Å². The van der Waals surface area contributed by atoms with Gasteiger partial charge in [-0.25, -0.2) is 26.7 Å². The smallest absolute Gasteiger partial charge is 0.240 e. The highest BCUT2D eigenvalue weighted by molar-refractivity contribution is 7.90. The Morgan fingerprint density at radius 2 is 1.93 bits per heavy atom. The zero-order valence-electron chi connectivity index (χ0n) is 15.5. The number of benzene rings is 1. The fraction of sp³-hybridized carbons (Fsp3) is 0.562. The molecule has 0 aromatic heterocycles. The molecule has 0 radical (unpaired) electrons. The highest BCUT2D eigenvalue weighted by atomic mass is 32.2. The Labute approximate surface area is 160 Å². The number of nitrogens with zero attached hydrogens (tertiary/aromatic N) is 2. The minimum Gasteiger partial charge on any atom is -0.347 e. The van der Waals surface area contributed by atoms with Crippen LogP contribution in [-0.4, -0.2) is 72.3 Å². The Morgan fingerprint density at radius 1 is 1.26 bits per heavy atom. The lowest BCUT2D eigenvalue weighted by molar-refractivity contribution is -0.133. The molecule has 1 saturated heterocycles. The standard InChI is InChI=1S/C16H26N4O5S2/c1-19(2)16(21)15-8-4-10-20(15)11-5-9-18-27(24,25)14-7-3-6-13(12-14)26(17,22)23/h3,6-7,12,15,18H,4-5,8-11H2,1-2H3,(H2,17,22,23). The van der Waals surface area contributed by atoms with E-state index in [1.807, 2.05) is 0 Å². The van der Waals surface area contributed by atoms with Gasteiger partial charge in [0.25, 0.3) is 0 Å². The molecule has 1 amide bonds. The van der Waals surface area contributed by atoms with Gasteiger partial charge in [-0.1, -0.05) is 6.07 Å². The molecule has 1 unspecified atom stereocenters. The Bertz CT molecular complexity index is 884. The number of hydrogen-bond donors (Lipinski definition) is 2. The van der Waals surface area contributed by atoms with Gasteiger partial charge in [0.05, 0.1) is 15.8 Å². The van der Waals surface area contributed by atoms with Gasteiger partial charge in [0.2, 0.25) is 26.0 Å². The van der Waals surface area contributed by atoms with E-state index in [-0.39, 0.29) is 28.3 Å². The van der Waals surface area contributed by atoms with Crippen molar-refractivity contribution < 1.29 is 21.6 Å². The first-order valence-electron chi connectivity index (χ1n) is 8.60. The summed E-state index contributed by atoms with van der Waals surface area (Å²) in [5.74, 6) is 0.0629. The van der Waals surface area contributed by atoms with E-state index in [1.54, 1.807) is 19.0 Å². The summed E-state index contributed by atoms with van der Waals surface area (Å²) in [7, 11) is -4.37. The molecule has 11 heteroatoms. The van der Waals surface area contributed by atoms with Crippen LogP contribution < -0.4 is 9.86 Å². The van der Waals surface area contributed by atoms with Crippen molar-refractivity contribution >= 4 is 26.0 Å². The highest BCUT2D eigenvalue weighted by Gasteiger charge is 2.31. The number of sulfonamides is 2. The monoisotopic (exact) mass is 418 g/mol. The van der Waals surface area contributed by atoms with Crippen LogP contribution in [0.25, 0.3) is 0 Å². The van der Waals surface area contributed by atoms with Crippen LogP contribution in [-0.2, 0) is 24.8 Å². The van der Waals surface area contributed by atoms with E-state index in [1.165, 1.54) is 18.2 Å². The summed E-state index contributed by atoms with van der Waals surface area (Å²) in [5.41, 5.74) is 0. The minimum absolute atomic E-state index is 0.0629. The average Bonchev–Trinajstić information content (AvgIpc) is 3.05. The molecule has 3 N–H and O–H groups in total. The second-order valence-electron chi connectivity index (χ2n) is 6.70. The summed E-state index contributed by atoms with van der Waals surface area (Å²) >= 11 is 0. The van der Waals surface area contributed by atoms with Crippen LogP contribution in [0.2, 0.25) is 0 Å². The van der Waals surface area contributed by atoms with Gasteiger partial charge in [-0.3, -0.25) is 9.69 Å². The second kappa shape index (κ2) is 8.65. The van der Waals surface area contributed by atoms with Gasteiger partial charge in [-0.05, 0) is 44.0 Å². The summed E-state index contributed by atoms with van der Waals surface area (Å²) in [6, 6.07) is 4.76. The quantitative estimate of drug-likeness (QED) is 0.550. The van der Waals surface area contributed by atoms with E-state index in [9.17, 15) is 21.6 Å². The summed E-state index contributed by atoms with van der Waals surface area (Å²) in [6.07, 6.45) is 2.28. The number of primary sulfonamides is 1. The van der Waals surface area contributed by atoms with E-state index in [0.717, 1.165) is 25.5 Å². The molecule has 1 atom stereocenters. The third kappa shape index (κ3) is 5.72. The number of likely N-dealkylation sites (tertiary alicyclic amines) is 1. The van der Waals surface area contributed by atoms with Crippen molar-refractivity contribution in [3.05, 3.63) is 24.3 Å². The van der Waals surface area contributed by atoms with Crippen LogP contribution in [0, 0.1) is 0 Å². The maximum atomic E-state index is 12.3. The first-order chi connectivity index (χ1) is 12.5. The lowest BCUT2D eigenvalue weighted by Crippen LogP contribution is -2.43. The van der Waals surface area contributed by atoms with E-state index >= 15 is 0 Å². The summed E-state index contributed by atoms with van der Waals surface area (Å²) in [5, 5.41) is 5.04. The van der Waals surface area contributed by atoms with Crippen molar-refractivity contribution in [2.75, 3.05) is 33.7 Å². The molecule has 0 saturated carbocycles. The van der Waals surface area contributed by atoms with Crippen molar-refractivity contribution in [1.82, 2.24) is 14.5 Å². The fourth-order valence-corrected chi connectivity index (χ4v) is 4.82. The van der Waals surface area contributed by atoms with Crippen molar-refractivity contribution in [3.63, 3.8) is 0 Å². The highest BCUT2D eigenvalue weighted by Crippen LogP contribution is 2.19. The normalized spacial score (nSPS) is 18.6. The van der Waals surface area contributed by atoms with Gasteiger partial charge in [0.15, 0.2) is 0 Å². The van der Waals surface area contributed by atoms with Crippen molar-refractivity contribution in [3.8, 4) is 0 Å². The topological polar surface area (TPSA) is 130 Å². The molecule has 1 heterocycles. The molecule has 1 aromatic rings. The first kappa shape index (κ1) is 21.8. The average molecular weight is 419 g/mol. The Hall–Kier alpha value is -1.53. The van der Waals surface area contributed by atoms with Crippen molar-refractivity contribution in [2.24, 2.45) is 5.14 Å². The van der Waals surface area contributed by atoms with Gasteiger partial charge >= 0.3 is 0 Å². The van der Waals surface area contributed by atoms with Gasteiger partial charge in [0.1, 0.15) is 0 Å². The molecule has 1 aromatic carbocycles. The van der Waals surface area contributed by atoms with Crippen molar-refractivity contribution in [1.29, 1.82) is 0 Å².